The summed E-state index contributed by atoms with van der Waals surface area (Å²) in [5.41, 5.74) is 3.38. The average Bonchev–Trinajstić information content (AvgIpc) is 2.71. The summed E-state index contributed by atoms with van der Waals surface area (Å²) in [6.45, 7) is 5.54. The minimum atomic E-state index is -0.982. The SMILES string of the molecule is CC(=O)c1ccc(O)c(CC=C(C)C)c1.COc1ccc(C=CC(=O)O)cc1OC. The van der Waals surface area contributed by atoms with E-state index in [1.54, 1.807) is 43.5 Å². The number of carboxylic acids is 1. The molecule has 6 heteroatoms. The van der Waals surface area contributed by atoms with Gasteiger partial charge < -0.3 is 19.7 Å². The second-order valence-corrected chi connectivity index (χ2v) is 6.67. The van der Waals surface area contributed by atoms with Crippen molar-refractivity contribution in [3.63, 3.8) is 0 Å². The molecular weight excluding hydrogens is 384 g/mol. The molecule has 0 fully saturated rings. The van der Waals surface area contributed by atoms with Gasteiger partial charge in [-0.25, -0.2) is 4.79 Å². The second-order valence-electron chi connectivity index (χ2n) is 6.67. The molecule has 30 heavy (non-hydrogen) atoms. The number of phenols is 1. The first-order valence-electron chi connectivity index (χ1n) is 9.27. The van der Waals surface area contributed by atoms with Crippen molar-refractivity contribution in [2.45, 2.75) is 27.2 Å². The maximum atomic E-state index is 11.1. The maximum absolute atomic E-state index is 11.1. The lowest BCUT2D eigenvalue weighted by molar-refractivity contribution is -0.131. The smallest absolute Gasteiger partial charge is 0.328 e. The van der Waals surface area contributed by atoms with Gasteiger partial charge in [0.15, 0.2) is 17.3 Å². The van der Waals surface area contributed by atoms with E-state index in [2.05, 4.69) is 0 Å². The number of aliphatic carboxylic acids is 1. The van der Waals surface area contributed by atoms with Gasteiger partial charge in [0.05, 0.1) is 14.2 Å². The Morgan fingerprint density at radius 1 is 0.967 bits per heavy atom. The molecule has 0 aromatic heterocycles. The molecule has 6 nitrogen and oxygen atoms in total. The van der Waals surface area contributed by atoms with E-state index in [1.165, 1.54) is 25.7 Å². The standard InChI is InChI=1S/C13H16O2.C11H12O4/c1-9(2)4-5-12-8-11(10(3)14)6-7-13(12)15;1-14-9-5-3-8(4-6-11(12)13)7-10(9)15-2/h4,6-8,15H,5H2,1-3H3;3-7H,1-2H3,(H,12,13). The predicted octanol–water partition coefficient (Wildman–Crippen LogP) is 4.91. The van der Waals surface area contributed by atoms with Crippen molar-refractivity contribution >= 4 is 17.8 Å². The number of allylic oxidation sites excluding steroid dienone is 2. The van der Waals surface area contributed by atoms with Crippen LogP contribution in [0.25, 0.3) is 6.08 Å². The third kappa shape index (κ3) is 8.22. The Hall–Kier alpha value is -3.54. The number of rotatable bonds is 7. The number of Topliss-reactive ketones (excluding diaryl/α,β-unsaturated/α-hetero) is 1. The number of carboxylic acid groups (broad SMARTS) is 1. The summed E-state index contributed by atoms with van der Waals surface area (Å²) in [4.78, 5) is 21.5. The molecule has 2 N–H and O–H groups in total. The van der Waals surface area contributed by atoms with Gasteiger partial charge >= 0.3 is 5.97 Å². The summed E-state index contributed by atoms with van der Waals surface area (Å²) < 4.78 is 10.1. The highest BCUT2D eigenvalue weighted by atomic mass is 16.5. The molecule has 0 aliphatic rings. The molecule has 2 aromatic rings. The topological polar surface area (TPSA) is 93.1 Å². The fraction of sp³-hybridized carbons (Fsp3) is 0.250. The predicted molar refractivity (Wildman–Crippen MR) is 117 cm³/mol. The van der Waals surface area contributed by atoms with Gasteiger partial charge in [0.25, 0.3) is 0 Å². The lowest BCUT2D eigenvalue weighted by Crippen LogP contribution is -1.94. The monoisotopic (exact) mass is 412 g/mol. The zero-order valence-electron chi connectivity index (χ0n) is 17.9. The quantitative estimate of drug-likeness (QED) is 0.381. The summed E-state index contributed by atoms with van der Waals surface area (Å²) in [7, 11) is 3.08. The van der Waals surface area contributed by atoms with Crippen molar-refractivity contribution in [1.82, 2.24) is 0 Å². The van der Waals surface area contributed by atoms with Crippen LogP contribution in [0.2, 0.25) is 0 Å². The number of hydrogen-bond acceptors (Lipinski definition) is 5. The van der Waals surface area contributed by atoms with Gasteiger partial charge in [-0.3, -0.25) is 4.79 Å². The Kier molecular flexibility index (Phi) is 9.89. The van der Waals surface area contributed by atoms with Crippen LogP contribution in [0.4, 0.5) is 0 Å². The molecule has 160 valence electrons. The van der Waals surface area contributed by atoms with Crippen molar-refractivity contribution in [3.8, 4) is 17.2 Å². The first-order chi connectivity index (χ1) is 14.2. The van der Waals surface area contributed by atoms with Gasteiger partial charge in [-0.1, -0.05) is 17.7 Å². The number of phenolic OH excluding ortho intramolecular Hbond substituents is 1. The highest BCUT2D eigenvalue weighted by Gasteiger charge is 2.04. The third-order valence-electron chi connectivity index (χ3n) is 4.04. The third-order valence-corrected chi connectivity index (χ3v) is 4.04. The van der Waals surface area contributed by atoms with E-state index in [-0.39, 0.29) is 11.5 Å². The zero-order chi connectivity index (χ0) is 22.7. The maximum Gasteiger partial charge on any atom is 0.328 e. The summed E-state index contributed by atoms with van der Waals surface area (Å²) in [5, 5.41) is 18.0. The Bertz CT molecular complexity index is 937. The molecule has 0 heterocycles. The van der Waals surface area contributed by atoms with Crippen LogP contribution in [-0.4, -0.2) is 36.2 Å². The number of ether oxygens (including phenoxy) is 2. The fourth-order valence-corrected chi connectivity index (χ4v) is 2.41. The molecule has 2 rings (SSSR count). The Morgan fingerprint density at radius 2 is 1.63 bits per heavy atom. The van der Waals surface area contributed by atoms with E-state index in [0.29, 0.717) is 23.5 Å². The first kappa shape index (κ1) is 24.5. The van der Waals surface area contributed by atoms with Crippen LogP contribution in [0, 0.1) is 0 Å². The van der Waals surface area contributed by atoms with Crippen LogP contribution in [-0.2, 0) is 11.2 Å². The van der Waals surface area contributed by atoms with Gasteiger partial charge in [0, 0.05) is 11.6 Å². The molecule has 0 saturated carbocycles. The fourth-order valence-electron chi connectivity index (χ4n) is 2.41. The molecule has 0 spiro atoms. The molecule has 0 bridgehead atoms. The zero-order valence-corrected chi connectivity index (χ0v) is 17.9. The van der Waals surface area contributed by atoms with Crippen molar-refractivity contribution in [3.05, 3.63) is 70.8 Å². The lowest BCUT2D eigenvalue weighted by Gasteiger charge is -2.07. The van der Waals surface area contributed by atoms with Crippen LogP contribution in [0.15, 0.2) is 54.1 Å². The van der Waals surface area contributed by atoms with E-state index in [0.717, 1.165) is 17.2 Å². The second kappa shape index (κ2) is 12.1. The van der Waals surface area contributed by atoms with Crippen LogP contribution < -0.4 is 9.47 Å². The van der Waals surface area contributed by atoms with E-state index >= 15 is 0 Å². The number of ketones is 1. The van der Waals surface area contributed by atoms with Crippen molar-refractivity contribution in [2.75, 3.05) is 14.2 Å². The van der Waals surface area contributed by atoms with Crippen LogP contribution in [0.5, 0.6) is 17.2 Å². The summed E-state index contributed by atoms with van der Waals surface area (Å²) in [5.74, 6) is 0.478. The number of methoxy groups -OCH3 is 2. The number of carbonyl (C=O) groups excluding carboxylic acids is 1. The van der Waals surface area contributed by atoms with E-state index < -0.39 is 5.97 Å². The number of hydrogen-bond donors (Lipinski definition) is 2. The molecule has 0 atom stereocenters. The summed E-state index contributed by atoms with van der Waals surface area (Å²) >= 11 is 0. The van der Waals surface area contributed by atoms with Crippen LogP contribution in [0.1, 0.15) is 42.3 Å². The van der Waals surface area contributed by atoms with E-state index in [9.17, 15) is 14.7 Å². The van der Waals surface area contributed by atoms with Gasteiger partial charge in [-0.2, -0.15) is 0 Å². The molecule has 0 unspecified atom stereocenters. The van der Waals surface area contributed by atoms with Gasteiger partial charge in [-0.05, 0) is 74.7 Å². The largest absolute Gasteiger partial charge is 0.508 e. The molecule has 2 aromatic carbocycles. The first-order valence-corrected chi connectivity index (χ1v) is 9.27. The van der Waals surface area contributed by atoms with Crippen LogP contribution in [0.3, 0.4) is 0 Å². The normalized spacial score (nSPS) is 10.0. The minimum Gasteiger partial charge on any atom is -0.508 e. The van der Waals surface area contributed by atoms with Crippen molar-refractivity contribution < 1.29 is 29.3 Å². The average molecular weight is 412 g/mol. The minimum absolute atomic E-state index is 0.0217. The summed E-state index contributed by atoms with van der Waals surface area (Å²) in [6.07, 6.45) is 5.25. The Labute approximate surface area is 177 Å². The number of carbonyl (C=O) groups is 2. The van der Waals surface area contributed by atoms with Crippen LogP contribution >= 0.6 is 0 Å². The molecule has 0 aliphatic carbocycles. The number of benzene rings is 2. The molecule has 0 saturated heterocycles. The molecular formula is C24H28O6. The van der Waals surface area contributed by atoms with E-state index in [4.69, 9.17) is 14.6 Å². The van der Waals surface area contributed by atoms with E-state index in [1.807, 2.05) is 19.9 Å². The molecule has 0 amide bonds. The van der Waals surface area contributed by atoms with Gasteiger partial charge in [0.2, 0.25) is 0 Å². The van der Waals surface area contributed by atoms with Crippen molar-refractivity contribution in [1.29, 1.82) is 0 Å². The van der Waals surface area contributed by atoms with Crippen molar-refractivity contribution in [2.24, 2.45) is 0 Å². The number of aromatic hydroxyl groups is 1. The molecule has 0 radical (unpaired) electrons. The van der Waals surface area contributed by atoms with Gasteiger partial charge in [-0.15, -0.1) is 0 Å². The van der Waals surface area contributed by atoms with Gasteiger partial charge in [0.1, 0.15) is 5.75 Å². The highest BCUT2D eigenvalue weighted by molar-refractivity contribution is 5.94. The Balaban J connectivity index is 0.000000300. The Morgan fingerprint density at radius 3 is 2.17 bits per heavy atom. The lowest BCUT2D eigenvalue weighted by atomic mass is 10.0. The molecule has 0 aliphatic heterocycles. The highest BCUT2D eigenvalue weighted by Crippen LogP contribution is 2.27. The summed E-state index contributed by atoms with van der Waals surface area (Å²) in [6, 6.07) is 10.1.